The van der Waals surface area contributed by atoms with Gasteiger partial charge in [0.05, 0.1) is 12.1 Å². The Morgan fingerprint density at radius 2 is 1.95 bits per heavy atom. The molecule has 5 heteroatoms. The minimum absolute atomic E-state index is 0.234. The third-order valence-corrected chi connectivity index (χ3v) is 3.21. The Morgan fingerprint density at radius 3 is 2.60 bits per heavy atom. The van der Waals surface area contributed by atoms with Crippen molar-refractivity contribution < 1.29 is 13.9 Å². The van der Waals surface area contributed by atoms with Crippen molar-refractivity contribution in [3.05, 3.63) is 58.4 Å². The van der Waals surface area contributed by atoms with E-state index in [2.05, 4.69) is 0 Å². The predicted molar refractivity (Wildman–Crippen MR) is 76.6 cm³/mol. The predicted octanol–water partition coefficient (Wildman–Crippen LogP) is 3.53. The summed E-state index contributed by atoms with van der Waals surface area (Å²) in [5.74, 6) is 0.819. The highest BCUT2D eigenvalue weighted by molar-refractivity contribution is 6.31. The Kier molecular flexibility index (Phi) is 4.82. The summed E-state index contributed by atoms with van der Waals surface area (Å²) >= 11 is 5.95. The fourth-order valence-electron chi connectivity index (χ4n) is 1.75. The van der Waals surface area contributed by atoms with E-state index in [4.69, 9.17) is 26.8 Å². The number of nitrogens with two attached hydrogens (primary N) is 1. The molecule has 2 N–H and O–H groups in total. The van der Waals surface area contributed by atoms with E-state index in [1.807, 2.05) is 12.1 Å². The molecule has 2 aromatic rings. The van der Waals surface area contributed by atoms with E-state index in [1.165, 1.54) is 12.1 Å². The molecule has 0 heterocycles. The van der Waals surface area contributed by atoms with Crippen LogP contribution in [0.15, 0.2) is 36.4 Å². The molecule has 0 aliphatic carbocycles. The van der Waals surface area contributed by atoms with Crippen molar-refractivity contribution in [3.8, 4) is 11.5 Å². The lowest BCUT2D eigenvalue weighted by molar-refractivity contribution is 0.284. The molecule has 0 aliphatic heterocycles. The van der Waals surface area contributed by atoms with Gasteiger partial charge in [-0.3, -0.25) is 0 Å². The van der Waals surface area contributed by atoms with Gasteiger partial charge < -0.3 is 15.2 Å². The Balaban J connectivity index is 2.14. The van der Waals surface area contributed by atoms with Crippen molar-refractivity contribution in [3.63, 3.8) is 0 Å². The summed E-state index contributed by atoms with van der Waals surface area (Å²) in [6.45, 7) is 0.665. The third kappa shape index (κ3) is 3.40. The van der Waals surface area contributed by atoms with E-state index in [1.54, 1.807) is 19.2 Å². The van der Waals surface area contributed by atoms with Crippen molar-refractivity contribution in [1.29, 1.82) is 0 Å². The number of hydrogen-bond acceptors (Lipinski definition) is 3. The monoisotopic (exact) mass is 295 g/mol. The molecular weight excluding hydrogens is 281 g/mol. The van der Waals surface area contributed by atoms with Crippen LogP contribution in [0, 0.1) is 5.82 Å². The first-order valence-corrected chi connectivity index (χ1v) is 6.45. The molecule has 0 saturated heterocycles. The summed E-state index contributed by atoms with van der Waals surface area (Å²) in [5, 5.41) is 0.336. The lowest BCUT2D eigenvalue weighted by Crippen LogP contribution is -2.01. The number of methoxy groups -OCH3 is 1. The van der Waals surface area contributed by atoms with E-state index in [0.717, 1.165) is 5.56 Å². The van der Waals surface area contributed by atoms with Gasteiger partial charge in [-0.05, 0) is 29.8 Å². The number of rotatable bonds is 5. The Labute approximate surface area is 122 Å². The summed E-state index contributed by atoms with van der Waals surface area (Å²) in [6.07, 6.45) is 0. The highest BCUT2D eigenvalue weighted by Gasteiger charge is 2.08. The smallest absolute Gasteiger partial charge is 0.161 e. The maximum absolute atomic E-state index is 13.0. The van der Waals surface area contributed by atoms with Crippen LogP contribution in [-0.4, -0.2) is 7.11 Å². The maximum Gasteiger partial charge on any atom is 0.161 e. The van der Waals surface area contributed by atoms with Crippen molar-refractivity contribution in [1.82, 2.24) is 0 Å². The zero-order valence-electron chi connectivity index (χ0n) is 11.0. The van der Waals surface area contributed by atoms with E-state index in [0.29, 0.717) is 28.6 Å². The van der Waals surface area contributed by atoms with Gasteiger partial charge >= 0.3 is 0 Å². The van der Waals surface area contributed by atoms with Crippen LogP contribution in [-0.2, 0) is 13.2 Å². The first kappa shape index (κ1) is 14.6. The average molecular weight is 296 g/mol. The van der Waals surface area contributed by atoms with Gasteiger partial charge in [0.2, 0.25) is 0 Å². The van der Waals surface area contributed by atoms with Crippen LogP contribution >= 0.6 is 11.6 Å². The molecule has 2 rings (SSSR count). The fraction of sp³-hybridized carbons (Fsp3) is 0.200. The summed E-state index contributed by atoms with van der Waals surface area (Å²) in [7, 11) is 1.56. The van der Waals surface area contributed by atoms with E-state index in [-0.39, 0.29) is 12.4 Å². The van der Waals surface area contributed by atoms with Crippen molar-refractivity contribution >= 4 is 11.6 Å². The molecule has 0 spiro atoms. The first-order valence-electron chi connectivity index (χ1n) is 6.07. The minimum Gasteiger partial charge on any atom is -0.493 e. The van der Waals surface area contributed by atoms with Crippen LogP contribution in [0.2, 0.25) is 5.02 Å². The van der Waals surface area contributed by atoms with Crippen LogP contribution in [0.4, 0.5) is 4.39 Å². The summed E-state index contributed by atoms with van der Waals surface area (Å²) in [6, 6.07) is 9.68. The van der Waals surface area contributed by atoms with Gasteiger partial charge in [0, 0.05) is 12.1 Å². The van der Waals surface area contributed by atoms with E-state index in [9.17, 15) is 4.39 Å². The minimum atomic E-state index is -0.372. The van der Waals surface area contributed by atoms with Gasteiger partial charge in [-0.2, -0.15) is 0 Å². The van der Waals surface area contributed by atoms with Crippen LogP contribution < -0.4 is 15.2 Å². The lowest BCUT2D eigenvalue weighted by Gasteiger charge is -2.12. The number of benzene rings is 2. The molecule has 2 aromatic carbocycles. The summed E-state index contributed by atoms with van der Waals surface area (Å²) in [5.41, 5.74) is 7.23. The highest BCUT2D eigenvalue weighted by Crippen LogP contribution is 2.29. The van der Waals surface area contributed by atoms with Crippen molar-refractivity contribution in [2.45, 2.75) is 13.2 Å². The number of halogens is 2. The largest absolute Gasteiger partial charge is 0.493 e. The van der Waals surface area contributed by atoms with Gasteiger partial charge in [0.15, 0.2) is 11.5 Å². The van der Waals surface area contributed by atoms with Gasteiger partial charge in [-0.15, -0.1) is 0 Å². The topological polar surface area (TPSA) is 44.5 Å². The molecule has 0 radical (unpaired) electrons. The zero-order valence-corrected chi connectivity index (χ0v) is 11.8. The van der Waals surface area contributed by atoms with Crippen molar-refractivity contribution in [2.24, 2.45) is 5.73 Å². The molecule has 0 amide bonds. The Hall–Kier alpha value is -1.78. The highest BCUT2D eigenvalue weighted by atomic mass is 35.5. The molecule has 3 nitrogen and oxygen atoms in total. The van der Waals surface area contributed by atoms with E-state index >= 15 is 0 Å². The van der Waals surface area contributed by atoms with Crippen LogP contribution in [0.1, 0.15) is 11.1 Å². The van der Waals surface area contributed by atoms with E-state index < -0.39 is 0 Å². The summed E-state index contributed by atoms with van der Waals surface area (Å²) < 4.78 is 23.9. The van der Waals surface area contributed by atoms with Crippen LogP contribution in [0.3, 0.4) is 0 Å². The number of ether oxygens (including phenoxy) is 2. The van der Waals surface area contributed by atoms with Gasteiger partial charge in [-0.1, -0.05) is 23.7 Å². The maximum atomic E-state index is 13.0. The number of hydrogen-bond donors (Lipinski definition) is 1. The van der Waals surface area contributed by atoms with Gasteiger partial charge in [-0.25, -0.2) is 4.39 Å². The third-order valence-electron chi connectivity index (χ3n) is 2.86. The van der Waals surface area contributed by atoms with Crippen molar-refractivity contribution in [2.75, 3.05) is 7.11 Å². The first-order chi connectivity index (χ1) is 9.63. The van der Waals surface area contributed by atoms with Crippen LogP contribution in [0.5, 0.6) is 11.5 Å². The lowest BCUT2D eigenvalue weighted by atomic mass is 10.2. The zero-order chi connectivity index (χ0) is 14.5. The SMILES string of the molecule is COc1cc(CN)ccc1OCc1ccc(F)cc1Cl. The molecule has 0 unspecified atom stereocenters. The molecule has 0 bridgehead atoms. The molecule has 0 aromatic heterocycles. The van der Waals surface area contributed by atoms with Gasteiger partial charge in [0.25, 0.3) is 0 Å². The molecule has 0 atom stereocenters. The standard InChI is InChI=1S/C15H15ClFNO2/c1-19-15-6-10(8-18)2-5-14(15)20-9-11-3-4-12(17)7-13(11)16/h2-7H,8-9,18H2,1H3. The second-order valence-corrected chi connectivity index (χ2v) is 4.62. The molecule has 20 heavy (non-hydrogen) atoms. The van der Waals surface area contributed by atoms with Gasteiger partial charge in [0.1, 0.15) is 12.4 Å². The quantitative estimate of drug-likeness (QED) is 0.918. The second-order valence-electron chi connectivity index (χ2n) is 4.21. The summed E-state index contributed by atoms with van der Waals surface area (Å²) in [4.78, 5) is 0. The second kappa shape index (κ2) is 6.59. The molecule has 0 saturated carbocycles. The molecule has 0 aliphatic rings. The fourth-order valence-corrected chi connectivity index (χ4v) is 1.97. The average Bonchev–Trinajstić information content (AvgIpc) is 2.46. The van der Waals surface area contributed by atoms with Crippen LogP contribution in [0.25, 0.3) is 0 Å². The Morgan fingerprint density at radius 1 is 1.15 bits per heavy atom. The normalized spacial score (nSPS) is 10.4. The Bertz CT molecular complexity index is 604. The molecule has 106 valence electrons. The molecule has 0 fully saturated rings. The molecular formula is C15H15ClFNO2.